The Labute approximate surface area is 140 Å². The summed E-state index contributed by atoms with van der Waals surface area (Å²) in [5.74, 6) is -0.113. The van der Waals surface area contributed by atoms with Crippen molar-refractivity contribution in [3.8, 4) is 5.69 Å². The lowest BCUT2D eigenvalue weighted by molar-refractivity contribution is 0.0925. The maximum absolute atomic E-state index is 12.8. The number of fused-ring (bicyclic) bond motifs is 1. The Morgan fingerprint density at radius 3 is 2.92 bits per heavy atom. The molecule has 3 aromatic rings. The highest BCUT2D eigenvalue weighted by molar-refractivity contribution is 5.93. The van der Waals surface area contributed by atoms with Crippen molar-refractivity contribution >= 4 is 5.91 Å². The zero-order valence-electron chi connectivity index (χ0n) is 13.5. The third-order valence-corrected chi connectivity index (χ3v) is 4.59. The molecular formula is C18H19N5O. The zero-order chi connectivity index (χ0) is 16.5. The molecule has 0 unspecified atom stereocenters. The highest BCUT2D eigenvalue weighted by Gasteiger charge is 2.26. The van der Waals surface area contributed by atoms with E-state index in [1.807, 2.05) is 52.8 Å². The van der Waals surface area contributed by atoms with E-state index in [9.17, 15) is 4.79 Å². The number of nitrogens with one attached hydrogen (secondary N) is 1. The number of aromatic nitrogens is 4. The molecule has 2 aromatic heterocycles. The van der Waals surface area contributed by atoms with Gasteiger partial charge < -0.3 is 5.32 Å². The zero-order valence-corrected chi connectivity index (χ0v) is 13.5. The minimum absolute atomic E-state index is 0.00840. The summed E-state index contributed by atoms with van der Waals surface area (Å²) in [5.41, 5.74) is 3.80. The van der Waals surface area contributed by atoms with E-state index in [1.165, 1.54) is 5.69 Å². The molecule has 6 nitrogen and oxygen atoms in total. The third kappa shape index (κ3) is 2.50. The monoisotopic (exact) mass is 321 g/mol. The predicted molar refractivity (Wildman–Crippen MR) is 89.9 cm³/mol. The molecule has 2 heterocycles. The largest absolute Gasteiger partial charge is 0.344 e. The summed E-state index contributed by atoms with van der Waals surface area (Å²) >= 11 is 0. The maximum atomic E-state index is 12.8. The van der Waals surface area contributed by atoms with E-state index in [1.54, 1.807) is 12.5 Å². The number of nitrogens with zero attached hydrogens (tertiary/aromatic N) is 4. The topological polar surface area (TPSA) is 64.7 Å². The van der Waals surface area contributed by atoms with Crippen LogP contribution in [0.1, 0.15) is 40.6 Å². The summed E-state index contributed by atoms with van der Waals surface area (Å²) < 4.78 is 3.71. The van der Waals surface area contributed by atoms with E-state index >= 15 is 0 Å². The number of aryl methyl sites for hydroxylation is 1. The van der Waals surface area contributed by atoms with Crippen LogP contribution in [0.15, 0.2) is 49.1 Å². The smallest absolute Gasteiger partial charge is 0.270 e. The highest BCUT2D eigenvalue weighted by atomic mass is 16.2. The van der Waals surface area contributed by atoms with Crippen molar-refractivity contribution < 1.29 is 4.79 Å². The molecule has 0 saturated carbocycles. The Morgan fingerprint density at radius 2 is 2.08 bits per heavy atom. The standard InChI is InChI=1S/C18H19N5O/c1-22-16-9-5-8-15(14(16)10-20-22)21-18(24)17-11-19-12-23(17)13-6-3-2-4-7-13/h2-4,6-7,10-12,15H,5,8-9H2,1H3,(H,21,24)/t15-/m0/s1. The first-order valence-corrected chi connectivity index (χ1v) is 8.13. The number of carbonyl (C=O) groups is 1. The summed E-state index contributed by atoms with van der Waals surface area (Å²) in [6.07, 6.45) is 8.14. The Kier molecular flexibility index (Phi) is 3.65. The third-order valence-electron chi connectivity index (χ3n) is 4.59. The molecule has 0 aliphatic heterocycles. The summed E-state index contributed by atoms with van der Waals surface area (Å²) in [4.78, 5) is 16.9. The van der Waals surface area contributed by atoms with Crippen molar-refractivity contribution in [3.05, 3.63) is 66.0 Å². The molecule has 1 aliphatic carbocycles. The van der Waals surface area contributed by atoms with Gasteiger partial charge >= 0.3 is 0 Å². The summed E-state index contributed by atoms with van der Waals surface area (Å²) in [5, 5.41) is 7.48. The molecule has 0 spiro atoms. The van der Waals surface area contributed by atoms with Gasteiger partial charge in [0.05, 0.1) is 24.8 Å². The van der Waals surface area contributed by atoms with E-state index in [4.69, 9.17) is 0 Å². The lowest BCUT2D eigenvalue weighted by Gasteiger charge is -2.24. The fourth-order valence-corrected chi connectivity index (χ4v) is 3.35. The Morgan fingerprint density at radius 1 is 1.25 bits per heavy atom. The Hall–Kier alpha value is -2.89. The average molecular weight is 321 g/mol. The van der Waals surface area contributed by atoms with E-state index in [2.05, 4.69) is 15.4 Å². The van der Waals surface area contributed by atoms with Crippen molar-refractivity contribution in [2.75, 3.05) is 0 Å². The number of hydrogen-bond donors (Lipinski definition) is 1. The van der Waals surface area contributed by atoms with Crippen molar-refractivity contribution in [1.29, 1.82) is 0 Å². The molecule has 122 valence electrons. The van der Waals surface area contributed by atoms with Gasteiger partial charge in [0.15, 0.2) is 0 Å². The molecule has 1 aromatic carbocycles. The molecule has 24 heavy (non-hydrogen) atoms. The fraction of sp³-hybridized carbons (Fsp3) is 0.278. The van der Waals surface area contributed by atoms with Crippen LogP contribution in [0.4, 0.5) is 0 Å². The van der Waals surface area contributed by atoms with E-state index in [0.29, 0.717) is 5.69 Å². The molecule has 1 atom stereocenters. The fourth-order valence-electron chi connectivity index (χ4n) is 3.35. The predicted octanol–water partition coefficient (Wildman–Crippen LogP) is 2.41. The molecule has 0 bridgehead atoms. The quantitative estimate of drug-likeness (QED) is 0.806. The molecule has 0 saturated heterocycles. The Balaban J connectivity index is 1.60. The van der Waals surface area contributed by atoms with Gasteiger partial charge in [-0.1, -0.05) is 18.2 Å². The van der Waals surface area contributed by atoms with Crippen molar-refractivity contribution in [2.24, 2.45) is 7.05 Å². The first kappa shape index (κ1) is 14.7. The van der Waals surface area contributed by atoms with Gasteiger partial charge in [-0.25, -0.2) is 4.98 Å². The van der Waals surface area contributed by atoms with Gasteiger partial charge in [0.1, 0.15) is 5.69 Å². The number of amides is 1. The number of rotatable bonds is 3. The number of benzene rings is 1. The second kappa shape index (κ2) is 5.96. The molecular weight excluding hydrogens is 302 g/mol. The van der Waals surface area contributed by atoms with Crippen LogP contribution in [0.3, 0.4) is 0 Å². The second-order valence-electron chi connectivity index (χ2n) is 6.07. The van der Waals surface area contributed by atoms with Crippen molar-refractivity contribution in [2.45, 2.75) is 25.3 Å². The van der Waals surface area contributed by atoms with Gasteiger partial charge in [0, 0.05) is 24.0 Å². The molecule has 1 amide bonds. The first-order valence-electron chi connectivity index (χ1n) is 8.13. The minimum Gasteiger partial charge on any atom is -0.344 e. The van der Waals surface area contributed by atoms with Gasteiger partial charge in [-0.05, 0) is 31.4 Å². The van der Waals surface area contributed by atoms with Gasteiger partial charge in [-0.2, -0.15) is 5.10 Å². The van der Waals surface area contributed by atoms with Crippen molar-refractivity contribution in [3.63, 3.8) is 0 Å². The summed E-state index contributed by atoms with van der Waals surface area (Å²) in [7, 11) is 1.95. The van der Waals surface area contributed by atoms with Crippen LogP contribution in [0.5, 0.6) is 0 Å². The molecule has 0 fully saturated rings. The van der Waals surface area contributed by atoms with Gasteiger partial charge in [-0.15, -0.1) is 0 Å². The molecule has 1 N–H and O–H groups in total. The number of hydrogen-bond acceptors (Lipinski definition) is 3. The van der Waals surface area contributed by atoms with Crippen LogP contribution in [-0.4, -0.2) is 25.2 Å². The van der Waals surface area contributed by atoms with Gasteiger partial charge in [0.25, 0.3) is 5.91 Å². The lowest BCUT2D eigenvalue weighted by atomic mass is 9.93. The van der Waals surface area contributed by atoms with Crippen LogP contribution in [-0.2, 0) is 13.5 Å². The normalized spacial score (nSPS) is 16.6. The lowest BCUT2D eigenvalue weighted by Crippen LogP contribution is -2.32. The summed E-state index contributed by atoms with van der Waals surface area (Å²) in [6, 6.07) is 9.76. The molecule has 4 rings (SSSR count). The molecule has 1 aliphatic rings. The second-order valence-corrected chi connectivity index (χ2v) is 6.07. The van der Waals surface area contributed by atoms with Gasteiger partial charge in [-0.3, -0.25) is 14.0 Å². The summed E-state index contributed by atoms with van der Waals surface area (Å²) in [6.45, 7) is 0. The van der Waals surface area contributed by atoms with Crippen LogP contribution >= 0.6 is 0 Å². The van der Waals surface area contributed by atoms with Crippen LogP contribution in [0, 0.1) is 0 Å². The highest BCUT2D eigenvalue weighted by Crippen LogP contribution is 2.29. The van der Waals surface area contributed by atoms with Crippen LogP contribution in [0.25, 0.3) is 5.69 Å². The molecule has 6 heteroatoms. The first-order chi connectivity index (χ1) is 11.7. The van der Waals surface area contributed by atoms with Gasteiger partial charge in [0.2, 0.25) is 0 Å². The Bertz CT molecular complexity index is 865. The minimum atomic E-state index is -0.113. The van der Waals surface area contributed by atoms with E-state index < -0.39 is 0 Å². The van der Waals surface area contributed by atoms with Crippen LogP contribution < -0.4 is 5.32 Å². The molecule has 0 radical (unpaired) electrons. The number of carbonyl (C=O) groups excluding carboxylic acids is 1. The SMILES string of the molecule is Cn1ncc2c1CCC[C@@H]2NC(=O)c1cncn1-c1ccccc1. The van der Waals surface area contributed by atoms with E-state index in [0.717, 1.165) is 30.5 Å². The van der Waals surface area contributed by atoms with Crippen LogP contribution in [0.2, 0.25) is 0 Å². The maximum Gasteiger partial charge on any atom is 0.270 e. The number of para-hydroxylation sites is 1. The average Bonchev–Trinajstić information content (AvgIpc) is 3.24. The number of imidazole rings is 1. The van der Waals surface area contributed by atoms with Crippen molar-refractivity contribution in [1.82, 2.24) is 24.6 Å². The van der Waals surface area contributed by atoms with E-state index in [-0.39, 0.29) is 11.9 Å².